The predicted octanol–water partition coefficient (Wildman–Crippen LogP) is 3.55. The van der Waals surface area contributed by atoms with Crippen LogP contribution in [0.2, 0.25) is 0 Å². The maximum atomic E-state index is 6.31. The van der Waals surface area contributed by atoms with Crippen molar-refractivity contribution in [3.63, 3.8) is 0 Å². The summed E-state index contributed by atoms with van der Waals surface area (Å²) in [7, 11) is 0. The zero-order valence-electron chi connectivity index (χ0n) is 12.9. The quantitative estimate of drug-likeness (QED) is 0.902. The first kappa shape index (κ1) is 14.6. The van der Waals surface area contributed by atoms with Gasteiger partial charge in [0.2, 0.25) is 0 Å². The fraction of sp³-hybridized carbons (Fsp3) is 0.812. The number of nitrogens with two attached hydrogens (primary N) is 1. The molecule has 1 aromatic rings. The summed E-state index contributed by atoms with van der Waals surface area (Å²) in [5, 5.41) is 4.72. The highest BCUT2D eigenvalue weighted by atomic mass is 15.3. The van der Waals surface area contributed by atoms with Gasteiger partial charge in [-0.1, -0.05) is 20.8 Å². The zero-order valence-corrected chi connectivity index (χ0v) is 12.9. The Morgan fingerprint density at radius 1 is 1.53 bits per heavy atom. The van der Waals surface area contributed by atoms with Gasteiger partial charge < -0.3 is 5.73 Å². The molecule has 3 atom stereocenters. The minimum Gasteiger partial charge on any atom is -0.327 e. The Labute approximate surface area is 117 Å². The molecular weight excluding hydrogens is 234 g/mol. The average Bonchev–Trinajstić information content (AvgIpc) is 2.81. The molecule has 1 fully saturated rings. The maximum Gasteiger partial charge on any atom is 0.0628 e. The van der Waals surface area contributed by atoms with Gasteiger partial charge in [-0.25, -0.2) is 0 Å². The molecule has 3 nitrogen and oxygen atoms in total. The highest BCUT2D eigenvalue weighted by Crippen LogP contribution is 2.39. The molecular formula is C16H29N3. The van der Waals surface area contributed by atoms with Gasteiger partial charge >= 0.3 is 0 Å². The lowest BCUT2D eigenvalue weighted by molar-refractivity contribution is 0.156. The first-order valence-corrected chi connectivity index (χ1v) is 7.71. The van der Waals surface area contributed by atoms with Gasteiger partial charge in [-0.15, -0.1) is 0 Å². The van der Waals surface area contributed by atoms with Crippen LogP contribution in [0.3, 0.4) is 0 Å². The van der Waals surface area contributed by atoms with E-state index in [2.05, 4.69) is 44.6 Å². The van der Waals surface area contributed by atoms with Crippen molar-refractivity contribution in [3.8, 4) is 0 Å². The minimum atomic E-state index is 0.349. The topological polar surface area (TPSA) is 43.8 Å². The third kappa shape index (κ3) is 3.59. The van der Waals surface area contributed by atoms with Crippen LogP contribution in [0.15, 0.2) is 12.3 Å². The molecule has 3 unspecified atom stereocenters. The van der Waals surface area contributed by atoms with Crippen LogP contribution in [0.1, 0.15) is 65.1 Å². The van der Waals surface area contributed by atoms with Gasteiger partial charge in [0, 0.05) is 18.3 Å². The molecule has 0 saturated heterocycles. The average molecular weight is 263 g/mol. The third-order valence-corrected chi connectivity index (χ3v) is 4.75. The fourth-order valence-corrected chi connectivity index (χ4v) is 3.17. The van der Waals surface area contributed by atoms with Gasteiger partial charge in [-0.3, -0.25) is 4.68 Å². The minimum absolute atomic E-state index is 0.349. The normalized spacial score (nSPS) is 28.3. The molecule has 2 N–H and O–H groups in total. The largest absolute Gasteiger partial charge is 0.327 e. The highest BCUT2D eigenvalue weighted by Gasteiger charge is 2.33. The number of aromatic nitrogens is 2. The van der Waals surface area contributed by atoms with Crippen molar-refractivity contribution in [2.24, 2.45) is 17.1 Å². The van der Waals surface area contributed by atoms with Crippen molar-refractivity contribution in [3.05, 3.63) is 18.0 Å². The molecule has 19 heavy (non-hydrogen) atoms. The Morgan fingerprint density at radius 2 is 2.26 bits per heavy atom. The number of rotatable bonds is 4. The van der Waals surface area contributed by atoms with Gasteiger partial charge in [-0.2, -0.15) is 5.10 Å². The van der Waals surface area contributed by atoms with E-state index in [9.17, 15) is 0 Å². The van der Waals surface area contributed by atoms with Crippen LogP contribution in [0.25, 0.3) is 0 Å². The van der Waals surface area contributed by atoms with Gasteiger partial charge in [0.05, 0.1) is 5.69 Å². The van der Waals surface area contributed by atoms with Gasteiger partial charge in [0.1, 0.15) is 0 Å². The molecule has 1 aliphatic carbocycles. The molecule has 0 aromatic carbocycles. The van der Waals surface area contributed by atoms with Crippen molar-refractivity contribution < 1.29 is 0 Å². The molecule has 1 saturated carbocycles. The Kier molecular flexibility index (Phi) is 4.34. The molecule has 108 valence electrons. The summed E-state index contributed by atoms with van der Waals surface area (Å²) < 4.78 is 2.09. The van der Waals surface area contributed by atoms with Crippen molar-refractivity contribution in [2.75, 3.05) is 0 Å². The third-order valence-electron chi connectivity index (χ3n) is 4.75. The van der Waals surface area contributed by atoms with E-state index < -0.39 is 0 Å². The van der Waals surface area contributed by atoms with Crippen LogP contribution in [-0.4, -0.2) is 15.8 Å². The summed E-state index contributed by atoms with van der Waals surface area (Å²) >= 11 is 0. The second-order valence-corrected chi connectivity index (χ2v) is 7.08. The molecule has 0 bridgehead atoms. The summed E-state index contributed by atoms with van der Waals surface area (Å²) in [5.74, 6) is 0.587. The number of nitrogens with zero attached hydrogens (tertiary/aromatic N) is 2. The van der Waals surface area contributed by atoms with Crippen molar-refractivity contribution in [1.82, 2.24) is 9.78 Å². The van der Waals surface area contributed by atoms with Crippen molar-refractivity contribution >= 4 is 0 Å². The summed E-state index contributed by atoms with van der Waals surface area (Å²) in [5.41, 5.74) is 7.96. The highest BCUT2D eigenvalue weighted by molar-refractivity contribution is 5.03. The van der Waals surface area contributed by atoms with E-state index in [1.54, 1.807) is 0 Å². The molecule has 2 rings (SSSR count). The van der Waals surface area contributed by atoms with Gasteiger partial charge in [-0.05, 0) is 56.4 Å². The first-order valence-electron chi connectivity index (χ1n) is 7.71. The van der Waals surface area contributed by atoms with E-state index in [4.69, 9.17) is 10.8 Å². The number of hydrogen-bond donors (Lipinski definition) is 1. The molecule has 3 heteroatoms. The van der Waals surface area contributed by atoms with Crippen LogP contribution < -0.4 is 5.73 Å². The van der Waals surface area contributed by atoms with E-state index in [1.165, 1.54) is 18.5 Å². The smallest absolute Gasteiger partial charge is 0.0628 e. The fourth-order valence-electron chi connectivity index (χ4n) is 3.17. The van der Waals surface area contributed by atoms with Crippen LogP contribution >= 0.6 is 0 Å². The molecule has 1 aromatic heterocycles. The number of hydrogen-bond acceptors (Lipinski definition) is 2. The van der Waals surface area contributed by atoms with Crippen LogP contribution in [0, 0.1) is 11.3 Å². The predicted molar refractivity (Wildman–Crippen MR) is 80.0 cm³/mol. The molecule has 1 aliphatic rings. The Balaban J connectivity index is 2.01. The van der Waals surface area contributed by atoms with Crippen LogP contribution in [0.4, 0.5) is 0 Å². The summed E-state index contributed by atoms with van der Waals surface area (Å²) in [4.78, 5) is 0. The lowest BCUT2D eigenvalue weighted by Crippen LogP contribution is -2.40. The van der Waals surface area contributed by atoms with E-state index in [-0.39, 0.29) is 0 Å². The first-order chi connectivity index (χ1) is 8.91. The van der Waals surface area contributed by atoms with E-state index in [0.717, 1.165) is 19.3 Å². The Hall–Kier alpha value is -0.830. The summed E-state index contributed by atoms with van der Waals surface area (Å²) in [6.07, 6.45) is 7.91. The van der Waals surface area contributed by atoms with Crippen LogP contribution in [0.5, 0.6) is 0 Å². The standard InChI is InChI=1S/C16H29N3/c1-5-12(2)19-9-7-14(18-19)10-13-11-16(3,4)8-6-15(13)17/h7,9,12-13,15H,5-6,8,10-11,17H2,1-4H3. The van der Waals surface area contributed by atoms with Crippen molar-refractivity contribution in [2.45, 2.75) is 71.9 Å². The second-order valence-electron chi connectivity index (χ2n) is 7.08. The summed E-state index contributed by atoms with van der Waals surface area (Å²) in [6.45, 7) is 9.14. The Bertz CT molecular complexity index is 408. The zero-order chi connectivity index (χ0) is 14.0. The van der Waals surface area contributed by atoms with E-state index in [1.807, 2.05) is 0 Å². The summed E-state index contributed by atoms with van der Waals surface area (Å²) in [6, 6.07) is 3.01. The molecule has 0 aliphatic heterocycles. The molecule has 0 amide bonds. The van der Waals surface area contributed by atoms with Gasteiger partial charge in [0.15, 0.2) is 0 Å². The lowest BCUT2D eigenvalue weighted by Gasteiger charge is -2.39. The van der Waals surface area contributed by atoms with E-state index >= 15 is 0 Å². The maximum absolute atomic E-state index is 6.31. The van der Waals surface area contributed by atoms with E-state index in [0.29, 0.717) is 23.4 Å². The Morgan fingerprint density at radius 3 is 2.95 bits per heavy atom. The van der Waals surface area contributed by atoms with Crippen LogP contribution in [-0.2, 0) is 6.42 Å². The lowest BCUT2D eigenvalue weighted by atomic mass is 9.69. The second kappa shape index (κ2) is 5.66. The van der Waals surface area contributed by atoms with Gasteiger partial charge in [0.25, 0.3) is 0 Å². The molecule has 0 spiro atoms. The SMILES string of the molecule is CCC(C)n1ccc(CC2CC(C)(C)CCC2N)n1. The monoisotopic (exact) mass is 263 g/mol. The molecule has 0 radical (unpaired) electrons. The van der Waals surface area contributed by atoms with Crippen molar-refractivity contribution in [1.29, 1.82) is 0 Å². The molecule has 1 heterocycles.